The summed E-state index contributed by atoms with van der Waals surface area (Å²) in [7, 11) is 0. The first kappa shape index (κ1) is 12.1. The molecule has 0 bridgehead atoms. The summed E-state index contributed by atoms with van der Waals surface area (Å²) in [6, 6.07) is 8.36. The predicted molar refractivity (Wildman–Crippen MR) is 73.9 cm³/mol. The maximum atomic E-state index is 5.60. The topological polar surface area (TPSA) is 42.2 Å². The summed E-state index contributed by atoms with van der Waals surface area (Å²) < 4.78 is 0. The third-order valence-corrected chi connectivity index (χ3v) is 3.61. The van der Waals surface area contributed by atoms with E-state index in [1.807, 2.05) is 5.38 Å². The molecule has 0 amide bonds. The molecule has 0 aliphatic rings. The molecule has 0 unspecified atom stereocenters. The largest absolute Gasteiger partial charge is 0.325 e. The van der Waals surface area contributed by atoms with Gasteiger partial charge in [0, 0.05) is 24.2 Å². The van der Waals surface area contributed by atoms with Crippen LogP contribution >= 0.6 is 11.3 Å². The van der Waals surface area contributed by atoms with E-state index < -0.39 is 0 Å². The number of rotatable bonds is 4. The van der Waals surface area contributed by atoms with Crippen molar-refractivity contribution in [1.29, 1.82) is 0 Å². The molecule has 3 nitrogen and oxygen atoms in total. The number of thiazole rings is 1. The average molecular weight is 247 g/mol. The van der Waals surface area contributed by atoms with Crippen molar-refractivity contribution in [1.82, 2.24) is 4.98 Å². The molecule has 17 heavy (non-hydrogen) atoms. The van der Waals surface area contributed by atoms with Crippen LogP contribution in [-0.2, 0) is 6.54 Å². The summed E-state index contributed by atoms with van der Waals surface area (Å²) >= 11 is 1.65. The van der Waals surface area contributed by atoms with E-state index in [4.69, 9.17) is 5.73 Å². The van der Waals surface area contributed by atoms with E-state index in [0.717, 1.165) is 17.4 Å². The second-order valence-corrected chi connectivity index (χ2v) is 4.69. The van der Waals surface area contributed by atoms with Crippen LogP contribution in [0.15, 0.2) is 29.6 Å². The van der Waals surface area contributed by atoms with Gasteiger partial charge in [-0.3, -0.25) is 0 Å². The molecule has 0 radical (unpaired) electrons. The minimum atomic E-state index is 0.502. The van der Waals surface area contributed by atoms with Gasteiger partial charge in [-0.1, -0.05) is 18.2 Å². The molecule has 0 saturated carbocycles. The third kappa shape index (κ3) is 2.48. The maximum absolute atomic E-state index is 5.60. The summed E-state index contributed by atoms with van der Waals surface area (Å²) in [6.07, 6.45) is 0. The normalized spacial score (nSPS) is 10.5. The van der Waals surface area contributed by atoms with E-state index in [-0.39, 0.29) is 0 Å². The van der Waals surface area contributed by atoms with Crippen LogP contribution in [0, 0.1) is 6.92 Å². The zero-order chi connectivity index (χ0) is 12.3. The summed E-state index contributed by atoms with van der Waals surface area (Å²) in [5.41, 5.74) is 9.03. The number of aromatic nitrogens is 1. The first-order chi connectivity index (χ1) is 8.26. The van der Waals surface area contributed by atoms with E-state index in [0.29, 0.717) is 6.54 Å². The van der Waals surface area contributed by atoms with Crippen LogP contribution in [0.4, 0.5) is 10.8 Å². The predicted octanol–water partition coefficient (Wildman–Crippen LogP) is 3.07. The van der Waals surface area contributed by atoms with Crippen LogP contribution in [-0.4, -0.2) is 11.5 Å². The molecular weight excluding hydrogens is 230 g/mol. The summed E-state index contributed by atoms with van der Waals surface area (Å²) in [6.45, 7) is 5.66. The molecule has 4 heteroatoms. The van der Waals surface area contributed by atoms with Gasteiger partial charge < -0.3 is 10.6 Å². The van der Waals surface area contributed by atoms with Gasteiger partial charge in [-0.15, -0.1) is 11.3 Å². The van der Waals surface area contributed by atoms with Gasteiger partial charge in [0.1, 0.15) is 0 Å². The van der Waals surface area contributed by atoms with Crippen molar-refractivity contribution in [3.8, 4) is 0 Å². The third-order valence-electron chi connectivity index (χ3n) is 2.70. The molecule has 90 valence electrons. The Morgan fingerprint density at radius 1 is 1.35 bits per heavy atom. The Morgan fingerprint density at radius 3 is 2.71 bits per heavy atom. The monoisotopic (exact) mass is 247 g/mol. The van der Waals surface area contributed by atoms with E-state index in [2.05, 4.69) is 48.0 Å². The molecular formula is C13H17N3S. The lowest BCUT2D eigenvalue weighted by Crippen LogP contribution is -2.17. The second-order valence-electron chi connectivity index (χ2n) is 3.86. The lowest BCUT2D eigenvalue weighted by atomic mass is 10.2. The van der Waals surface area contributed by atoms with Crippen LogP contribution in [0.2, 0.25) is 0 Å². The number of hydrogen-bond donors (Lipinski definition) is 1. The van der Waals surface area contributed by atoms with Gasteiger partial charge >= 0.3 is 0 Å². The van der Waals surface area contributed by atoms with Crippen molar-refractivity contribution in [3.05, 3.63) is 40.9 Å². The number of para-hydroxylation sites is 1. The number of anilines is 2. The number of nitrogens with zero attached hydrogens (tertiary/aromatic N) is 2. The van der Waals surface area contributed by atoms with Crippen LogP contribution in [0.25, 0.3) is 0 Å². The van der Waals surface area contributed by atoms with Gasteiger partial charge in [-0.05, 0) is 25.5 Å². The first-order valence-corrected chi connectivity index (χ1v) is 6.62. The molecule has 0 atom stereocenters. The first-order valence-electron chi connectivity index (χ1n) is 5.74. The number of hydrogen-bond acceptors (Lipinski definition) is 4. The van der Waals surface area contributed by atoms with Crippen molar-refractivity contribution >= 4 is 22.2 Å². The number of aryl methyl sites for hydroxylation is 1. The van der Waals surface area contributed by atoms with E-state index in [1.165, 1.54) is 11.3 Å². The molecule has 0 aliphatic heterocycles. The fraction of sp³-hybridized carbons (Fsp3) is 0.308. The lowest BCUT2D eigenvalue weighted by molar-refractivity contribution is 0.964. The second kappa shape index (κ2) is 5.29. The molecule has 1 heterocycles. The van der Waals surface area contributed by atoms with E-state index in [1.54, 1.807) is 11.3 Å². The fourth-order valence-electron chi connectivity index (χ4n) is 1.79. The molecule has 0 saturated heterocycles. The zero-order valence-corrected chi connectivity index (χ0v) is 11.0. The Balaban J connectivity index is 2.36. The Morgan fingerprint density at radius 2 is 2.12 bits per heavy atom. The minimum absolute atomic E-state index is 0.502. The van der Waals surface area contributed by atoms with Crippen molar-refractivity contribution < 1.29 is 0 Å². The molecule has 0 fully saturated rings. The molecule has 2 aromatic rings. The van der Waals surface area contributed by atoms with Crippen molar-refractivity contribution in [3.63, 3.8) is 0 Å². The van der Waals surface area contributed by atoms with Crippen molar-refractivity contribution in [2.24, 2.45) is 5.73 Å². The van der Waals surface area contributed by atoms with Gasteiger partial charge in [0.25, 0.3) is 0 Å². The quantitative estimate of drug-likeness (QED) is 0.903. The van der Waals surface area contributed by atoms with Crippen LogP contribution in [0.3, 0.4) is 0 Å². The minimum Gasteiger partial charge on any atom is -0.325 e. The van der Waals surface area contributed by atoms with Crippen molar-refractivity contribution in [2.75, 3.05) is 11.4 Å². The van der Waals surface area contributed by atoms with Crippen molar-refractivity contribution in [2.45, 2.75) is 20.4 Å². The number of nitrogens with two attached hydrogens (primary N) is 1. The molecule has 1 aromatic carbocycles. The average Bonchev–Trinajstić information content (AvgIpc) is 2.81. The smallest absolute Gasteiger partial charge is 0.190 e. The highest BCUT2D eigenvalue weighted by atomic mass is 32.1. The Kier molecular flexibility index (Phi) is 3.76. The Labute approximate surface area is 106 Å². The highest BCUT2D eigenvalue weighted by Gasteiger charge is 2.12. The summed E-state index contributed by atoms with van der Waals surface area (Å²) in [5.74, 6) is 0. The summed E-state index contributed by atoms with van der Waals surface area (Å²) in [4.78, 5) is 6.76. The van der Waals surface area contributed by atoms with Gasteiger partial charge in [0.2, 0.25) is 0 Å². The molecule has 2 N–H and O–H groups in total. The molecule has 0 aliphatic carbocycles. The van der Waals surface area contributed by atoms with E-state index in [9.17, 15) is 0 Å². The molecule has 1 aromatic heterocycles. The molecule has 2 rings (SSSR count). The lowest BCUT2D eigenvalue weighted by Gasteiger charge is -2.21. The van der Waals surface area contributed by atoms with Gasteiger partial charge in [-0.25, -0.2) is 4.98 Å². The van der Waals surface area contributed by atoms with Gasteiger partial charge in [0.05, 0.1) is 5.69 Å². The zero-order valence-electron chi connectivity index (χ0n) is 10.2. The van der Waals surface area contributed by atoms with Crippen LogP contribution < -0.4 is 10.6 Å². The highest BCUT2D eigenvalue weighted by Crippen LogP contribution is 2.30. The maximum Gasteiger partial charge on any atom is 0.190 e. The van der Waals surface area contributed by atoms with Crippen LogP contribution in [0.1, 0.15) is 18.2 Å². The van der Waals surface area contributed by atoms with Gasteiger partial charge in [0.15, 0.2) is 5.13 Å². The Hall–Kier alpha value is -1.39. The summed E-state index contributed by atoms with van der Waals surface area (Å²) in [5, 5.41) is 3.04. The van der Waals surface area contributed by atoms with Gasteiger partial charge in [-0.2, -0.15) is 0 Å². The Bertz CT molecular complexity index is 493. The highest BCUT2D eigenvalue weighted by molar-refractivity contribution is 7.13. The standard InChI is InChI=1S/C13H17N3S/c1-3-16(12-7-5-4-6-10(12)2)13-15-11(8-14)9-17-13/h4-7,9H,3,8,14H2,1-2H3. The number of benzene rings is 1. The molecule has 0 spiro atoms. The fourth-order valence-corrected chi connectivity index (χ4v) is 2.70. The van der Waals surface area contributed by atoms with Crippen LogP contribution in [0.5, 0.6) is 0 Å². The van der Waals surface area contributed by atoms with E-state index >= 15 is 0 Å². The SMILES string of the molecule is CCN(c1nc(CN)cs1)c1ccccc1C.